The predicted molar refractivity (Wildman–Crippen MR) is 117 cm³/mol. The Labute approximate surface area is 190 Å². The van der Waals surface area contributed by atoms with E-state index in [9.17, 15) is 18.0 Å². The number of hydrogen-bond acceptors (Lipinski definition) is 4. The second-order valence-electron chi connectivity index (χ2n) is 7.29. The SMILES string of the molecule is O=C1NC=CN(S(=O)(=O)c2ccc(Cl)c(Cl)c2)[C@@H]1CC(=O)N1CCc2ccccc2C1. The minimum absolute atomic E-state index is 0.0767. The second kappa shape index (κ2) is 8.53. The van der Waals surface area contributed by atoms with Gasteiger partial charge in [0.25, 0.3) is 10.0 Å². The molecule has 2 heterocycles. The van der Waals surface area contributed by atoms with Gasteiger partial charge < -0.3 is 10.2 Å². The molecule has 162 valence electrons. The summed E-state index contributed by atoms with van der Waals surface area (Å²) in [6.45, 7) is 0.943. The summed E-state index contributed by atoms with van der Waals surface area (Å²) in [4.78, 5) is 27.1. The molecule has 31 heavy (non-hydrogen) atoms. The molecule has 4 rings (SSSR count). The molecule has 2 aromatic rings. The molecule has 2 aliphatic heterocycles. The molecule has 0 aromatic heterocycles. The van der Waals surface area contributed by atoms with Gasteiger partial charge in [-0.15, -0.1) is 0 Å². The van der Waals surface area contributed by atoms with Crippen LogP contribution in [0.25, 0.3) is 0 Å². The van der Waals surface area contributed by atoms with Gasteiger partial charge in [-0.1, -0.05) is 47.5 Å². The third-order valence-electron chi connectivity index (χ3n) is 5.37. The van der Waals surface area contributed by atoms with Gasteiger partial charge in [0.1, 0.15) is 6.04 Å². The van der Waals surface area contributed by atoms with E-state index < -0.39 is 22.0 Å². The highest BCUT2D eigenvalue weighted by Gasteiger charge is 2.38. The second-order valence-corrected chi connectivity index (χ2v) is 9.95. The largest absolute Gasteiger partial charge is 0.338 e. The Morgan fingerprint density at radius 3 is 2.58 bits per heavy atom. The van der Waals surface area contributed by atoms with Gasteiger partial charge >= 0.3 is 0 Å². The first kappa shape index (κ1) is 21.7. The number of hydrogen-bond donors (Lipinski definition) is 1. The molecule has 2 aliphatic rings. The third-order valence-corrected chi connectivity index (χ3v) is 7.89. The Morgan fingerprint density at radius 1 is 1.10 bits per heavy atom. The summed E-state index contributed by atoms with van der Waals surface area (Å²) < 4.78 is 27.3. The Morgan fingerprint density at radius 2 is 1.84 bits per heavy atom. The van der Waals surface area contributed by atoms with Crippen LogP contribution in [0.2, 0.25) is 10.0 Å². The van der Waals surface area contributed by atoms with Crippen LogP contribution in [0.5, 0.6) is 0 Å². The zero-order chi connectivity index (χ0) is 22.2. The average molecular weight is 480 g/mol. The lowest BCUT2D eigenvalue weighted by atomic mass is 9.99. The van der Waals surface area contributed by atoms with E-state index in [4.69, 9.17) is 23.2 Å². The first-order valence-electron chi connectivity index (χ1n) is 9.57. The van der Waals surface area contributed by atoms with Crippen molar-refractivity contribution in [2.75, 3.05) is 6.54 Å². The maximum Gasteiger partial charge on any atom is 0.264 e. The van der Waals surface area contributed by atoms with Gasteiger partial charge in [-0.25, -0.2) is 8.42 Å². The zero-order valence-electron chi connectivity index (χ0n) is 16.3. The molecular formula is C21H19Cl2N3O4S. The van der Waals surface area contributed by atoms with Crippen molar-refractivity contribution in [3.05, 3.63) is 76.0 Å². The van der Waals surface area contributed by atoms with Crippen molar-refractivity contribution < 1.29 is 18.0 Å². The lowest BCUT2D eigenvalue weighted by Crippen LogP contribution is -2.51. The minimum atomic E-state index is -4.14. The predicted octanol–water partition coefficient (Wildman–Crippen LogP) is 2.93. The lowest BCUT2D eigenvalue weighted by Gasteiger charge is -2.34. The van der Waals surface area contributed by atoms with Gasteiger partial charge in [0.2, 0.25) is 11.8 Å². The highest BCUT2D eigenvalue weighted by atomic mass is 35.5. The van der Waals surface area contributed by atoms with E-state index in [1.807, 2.05) is 24.3 Å². The number of carbonyl (C=O) groups is 2. The summed E-state index contributed by atoms with van der Waals surface area (Å²) in [5.74, 6) is -0.865. The minimum Gasteiger partial charge on any atom is -0.338 e. The standard InChI is InChI=1S/C21H19Cl2N3O4S/c22-17-6-5-16(11-18(17)23)31(29,30)26-10-8-24-21(28)19(26)12-20(27)25-9-7-14-3-1-2-4-15(14)13-25/h1-6,8,10-11,19H,7,9,12-13H2,(H,24,28)/t19-/m1/s1. The fourth-order valence-corrected chi connectivity index (χ4v) is 5.54. The molecular weight excluding hydrogens is 461 g/mol. The van der Waals surface area contributed by atoms with E-state index in [1.54, 1.807) is 4.90 Å². The van der Waals surface area contributed by atoms with Crippen LogP contribution in [0.15, 0.2) is 59.8 Å². The number of halogens is 2. The summed E-state index contributed by atoms with van der Waals surface area (Å²) in [5, 5.41) is 2.78. The molecule has 0 unspecified atom stereocenters. The summed E-state index contributed by atoms with van der Waals surface area (Å²) >= 11 is 11.9. The first-order chi connectivity index (χ1) is 14.8. The molecule has 0 spiro atoms. The fraction of sp³-hybridized carbons (Fsp3) is 0.238. The molecule has 0 fully saturated rings. The average Bonchev–Trinajstić information content (AvgIpc) is 2.76. The molecule has 0 aliphatic carbocycles. The first-order valence-corrected chi connectivity index (χ1v) is 11.8. The maximum absolute atomic E-state index is 13.2. The van der Waals surface area contributed by atoms with Gasteiger partial charge in [0, 0.05) is 25.5 Å². The Balaban J connectivity index is 1.57. The Kier molecular flexibility index (Phi) is 5.96. The fourth-order valence-electron chi connectivity index (χ4n) is 3.70. The van der Waals surface area contributed by atoms with Crippen LogP contribution in [0.3, 0.4) is 0 Å². The Bertz CT molecular complexity index is 1180. The highest BCUT2D eigenvalue weighted by Crippen LogP contribution is 2.29. The molecule has 0 radical (unpaired) electrons. The number of nitrogens with zero attached hydrogens (tertiary/aromatic N) is 2. The van der Waals surface area contributed by atoms with Crippen LogP contribution in [0, 0.1) is 0 Å². The van der Waals surface area contributed by atoms with Gasteiger partial charge in [-0.05, 0) is 35.7 Å². The van der Waals surface area contributed by atoms with Crippen LogP contribution >= 0.6 is 23.2 Å². The number of benzene rings is 2. The molecule has 10 heteroatoms. The molecule has 7 nitrogen and oxygen atoms in total. The summed E-state index contributed by atoms with van der Waals surface area (Å²) in [6, 6.07) is 10.6. The third kappa shape index (κ3) is 4.28. The van der Waals surface area contributed by atoms with Crippen molar-refractivity contribution in [3.63, 3.8) is 0 Å². The molecule has 0 saturated heterocycles. The van der Waals surface area contributed by atoms with E-state index >= 15 is 0 Å². The Hall–Kier alpha value is -2.55. The van der Waals surface area contributed by atoms with Crippen LogP contribution in [0.4, 0.5) is 0 Å². The monoisotopic (exact) mass is 479 g/mol. The topological polar surface area (TPSA) is 86.8 Å². The van der Waals surface area contributed by atoms with Gasteiger partial charge in [-0.2, -0.15) is 0 Å². The summed E-state index contributed by atoms with van der Waals surface area (Å²) in [7, 11) is -4.14. The molecule has 1 N–H and O–H groups in total. The number of nitrogens with one attached hydrogen (secondary N) is 1. The maximum atomic E-state index is 13.2. The summed E-state index contributed by atoms with van der Waals surface area (Å²) in [6.07, 6.45) is 2.90. The van der Waals surface area contributed by atoms with E-state index in [0.29, 0.717) is 19.5 Å². The summed E-state index contributed by atoms with van der Waals surface area (Å²) in [5.41, 5.74) is 2.24. The molecule has 0 saturated carbocycles. The molecule has 0 bridgehead atoms. The van der Waals surface area contributed by atoms with Crippen molar-refractivity contribution in [3.8, 4) is 0 Å². The van der Waals surface area contributed by atoms with Crippen LogP contribution in [-0.4, -0.2) is 42.0 Å². The zero-order valence-corrected chi connectivity index (χ0v) is 18.6. The number of carbonyl (C=O) groups excluding carboxylic acids is 2. The van der Waals surface area contributed by atoms with Gasteiger partial charge in [0.15, 0.2) is 0 Å². The molecule has 2 aromatic carbocycles. The van der Waals surface area contributed by atoms with E-state index in [2.05, 4.69) is 5.32 Å². The number of rotatable bonds is 4. The van der Waals surface area contributed by atoms with Crippen molar-refractivity contribution >= 4 is 45.0 Å². The number of fused-ring (bicyclic) bond motifs is 1. The molecule has 2 amide bonds. The van der Waals surface area contributed by atoms with Crippen molar-refractivity contribution in [2.45, 2.75) is 30.3 Å². The van der Waals surface area contributed by atoms with Crippen molar-refractivity contribution in [1.82, 2.24) is 14.5 Å². The van der Waals surface area contributed by atoms with Crippen LogP contribution in [0.1, 0.15) is 17.5 Å². The number of sulfonamides is 1. The van der Waals surface area contributed by atoms with E-state index in [-0.39, 0.29) is 27.3 Å². The van der Waals surface area contributed by atoms with E-state index in [1.165, 1.54) is 36.2 Å². The van der Waals surface area contributed by atoms with Crippen molar-refractivity contribution in [2.24, 2.45) is 0 Å². The quantitative estimate of drug-likeness (QED) is 0.729. The normalized spacial score (nSPS) is 18.5. The van der Waals surface area contributed by atoms with Gasteiger partial charge in [-0.3, -0.25) is 13.9 Å². The van der Waals surface area contributed by atoms with Crippen LogP contribution < -0.4 is 5.32 Å². The van der Waals surface area contributed by atoms with E-state index in [0.717, 1.165) is 9.87 Å². The highest BCUT2D eigenvalue weighted by molar-refractivity contribution is 7.89. The smallest absolute Gasteiger partial charge is 0.264 e. The lowest BCUT2D eigenvalue weighted by molar-refractivity contribution is -0.136. The van der Waals surface area contributed by atoms with Crippen molar-refractivity contribution in [1.29, 1.82) is 0 Å². The molecule has 1 atom stereocenters. The number of amides is 2. The van der Waals surface area contributed by atoms with Crippen LogP contribution in [-0.2, 0) is 32.6 Å². The van der Waals surface area contributed by atoms with Gasteiger partial charge in [0.05, 0.1) is 21.4 Å².